The maximum absolute atomic E-state index is 12.1. The first-order chi connectivity index (χ1) is 9.40. The summed E-state index contributed by atoms with van der Waals surface area (Å²) in [5.41, 5.74) is 6.93. The highest BCUT2D eigenvalue weighted by molar-refractivity contribution is 9.10. The van der Waals surface area contributed by atoms with Crippen LogP contribution in [0.1, 0.15) is 38.8 Å². The van der Waals surface area contributed by atoms with E-state index in [9.17, 15) is 4.79 Å². The number of halogens is 2. The van der Waals surface area contributed by atoms with Crippen molar-refractivity contribution in [1.29, 1.82) is 0 Å². The molecule has 0 saturated carbocycles. The largest absolute Gasteiger partial charge is 0.496 e. The molecule has 1 aromatic rings. The first kappa shape index (κ1) is 20.2. The molecule has 3 N–H and O–H groups in total. The third-order valence-electron chi connectivity index (χ3n) is 3.59. The molecule has 0 aliphatic carbocycles. The summed E-state index contributed by atoms with van der Waals surface area (Å²) in [7, 11) is 1.62. The summed E-state index contributed by atoms with van der Waals surface area (Å²) in [6, 6.07) is 5.18. The molecule has 0 saturated heterocycles. The van der Waals surface area contributed by atoms with Crippen LogP contribution < -0.4 is 15.8 Å². The molecule has 0 spiro atoms. The van der Waals surface area contributed by atoms with Gasteiger partial charge in [0.05, 0.1) is 23.7 Å². The van der Waals surface area contributed by atoms with Crippen LogP contribution in [0.5, 0.6) is 5.75 Å². The van der Waals surface area contributed by atoms with E-state index in [1.807, 2.05) is 39.0 Å². The fourth-order valence-corrected chi connectivity index (χ4v) is 2.42. The molecule has 0 radical (unpaired) electrons. The van der Waals surface area contributed by atoms with Crippen LogP contribution in [-0.2, 0) is 4.79 Å². The molecule has 21 heavy (non-hydrogen) atoms. The molecule has 0 aliphatic rings. The highest BCUT2D eigenvalue weighted by Gasteiger charge is 2.21. The lowest BCUT2D eigenvalue weighted by Crippen LogP contribution is -2.45. The van der Waals surface area contributed by atoms with Gasteiger partial charge in [-0.15, -0.1) is 12.4 Å². The highest BCUT2D eigenvalue weighted by atomic mass is 79.9. The Morgan fingerprint density at radius 3 is 2.52 bits per heavy atom. The van der Waals surface area contributed by atoms with Gasteiger partial charge < -0.3 is 15.8 Å². The van der Waals surface area contributed by atoms with Crippen LogP contribution in [0, 0.1) is 5.92 Å². The summed E-state index contributed by atoms with van der Waals surface area (Å²) in [6.45, 7) is 5.95. The zero-order valence-corrected chi connectivity index (χ0v) is 15.3. The van der Waals surface area contributed by atoms with Crippen molar-refractivity contribution in [2.24, 2.45) is 11.7 Å². The summed E-state index contributed by atoms with van der Waals surface area (Å²) >= 11 is 3.44. The number of carbonyl (C=O) groups excluding carboxylic acids is 1. The van der Waals surface area contributed by atoms with E-state index in [0.29, 0.717) is 0 Å². The number of amides is 1. The van der Waals surface area contributed by atoms with Crippen LogP contribution in [-0.4, -0.2) is 19.1 Å². The molecule has 0 heterocycles. The standard InChI is InChI=1S/C15H23BrN2O2.ClH/c1-5-9(2)14(17)15(19)18-10(3)11-6-7-13(20-4)12(16)8-11;/h6-10,14H,5,17H2,1-4H3,(H,18,19);1H. The van der Waals surface area contributed by atoms with Gasteiger partial charge in [-0.25, -0.2) is 0 Å². The molecule has 3 atom stereocenters. The molecule has 0 aromatic heterocycles. The van der Waals surface area contributed by atoms with Crippen molar-refractivity contribution < 1.29 is 9.53 Å². The van der Waals surface area contributed by atoms with Crippen LogP contribution in [0.15, 0.2) is 22.7 Å². The Bertz CT molecular complexity index is 471. The van der Waals surface area contributed by atoms with Gasteiger partial charge in [0.25, 0.3) is 0 Å². The number of hydrogen-bond acceptors (Lipinski definition) is 3. The molecule has 0 fully saturated rings. The molecule has 0 aliphatic heterocycles. The Morgan fingerprint density at radius 1 is 1.43 bits per heavy atom. The van der Waals surface area contributed by atoms with E-state index in [4.69, 9.17) is 10.5 Å². The summed E-state index contributed by atoms with van der Waals surface area (Å²) in [6.07, 6.45) is 0.886. The van der Waals surface area contributed by atoms with E-state index >= 15 is 0 Å². The first-order valence-corrected chi connectivity index (χ1v) is 7.59. The third-order valence-corrected chi connectivity index (χ3v) is 4.21. The minimum Gasteiger partial charge on any atom is -0.496 e. The van der Waals surface area contributed by atoms with E-state index in [-0.39, 0.29) is 30.3 Å². The van der Waals surface area contributed by atoms with Gasteiger partial charge in [-0.05, 0) is 46.5 Å². The molecule has 4 nitrogen and oxygen atoms in total. The van der Waals surface area contributed by atoms with Gasteiger partial charge in [-0.3, -0.25) is 4.79 Å². The number of benzene rings is 1. The van der Waals surface area contributed by atoms with Gasteiger partial charge in [0.1, 0.15) is 5.75 Å². The van der Waals surface area contributed by atoms with Crippen LogP contribution in [0.25, 0.3) is 0 Å². The predicted octanol–water partition coefficient (Wildman–Crippen LogP) is 3.43. The molecule has 1 amide bonds. The van der Waals surface area contributed by atoms with Gasteiger partial charge in [-0.1, -0.05) is 26.3 Å². The van der Waals surface area contributed by atoms with Gasteiger partial charge in [0.2, 0.25) is 5.91 Å². The topological polar surface area (TPSA) is 64.4 Å². The van der Waals surface area contributed by atoms with Crippen LogP contribution in [0.4, 0.5) is 0 Å². The average Bonchev–Trinajstić information content (AvgIpc) is 2.45. The molecule has 3 unspecified atom stereocenters. The average molecular weight is 380 g/mol. The maximum atomic E-state index is 12.1. The molecule has 120 valence electrons. The number of methoxy groups -OCH3 is 1. The number of rotatable bonds is 6. The Hall–Kier alpha value is -0.780. The van der Waals surface area contributed by atoms with E-state index in [0.717, 1.165) is 22.2 Å². The molecular formula is C15H24BrClN2O2. The van der Waals surface area contributed by atoms with E-state index in [2.05, 4.69) is 21.2 Å². The van der Waals surface area contributed by atoms with Crippen molar-refractivity contribution in [2.75, 3.05) is 7.11 Å². The van der Waals surface area contributed by atoms with Gasteiger partial charge in [0.15, 0.2) is 0 Å². The number of nitrogens with two attached hydrogens (primary N) is 1. The maximum Gasteiger partial charge on any atom is 0.237 e. The van der Waals surface area contributed by atoms with Crippen molar-refractivity contribution in [3.63, 3.8) is 0 Å². The van der Waals surface area contributed by atoms with Crippen molar-refractivity contribution in [1.82, 2.24) is 5.32 Å². The summed E-state index contributed by atoms with van der Waals surface area (Å²) in [5, 5.41) is 2.95. The second kappa shape index (κ2) is 9.28. The van der Waals surface area contributed by atoms with Crippen LogP contribution in [0.2, 0.25) is 0 Å². The number of ether oxygens (including phenoxy) is 1. The minimum absolute atomic E-state index is 0. The molecule has 6 heteroatoms. The monoisotopic (exact) mass is 378 g/mol. The Labute approximate surface area is 141 Å². The van der Waals surface area contributed by atoms with Gasteiger partial charge in [0, 0.05) is 0 Å². The smallest absolute Gasteiger partial charge is 0.237 e. The highest BCUT2D eigenvalue weighted by Crippen LogP contribution is 2.28. The quantitative estimate of drug-likeness (QED) is 0.796. The molecule has 0 bridgehead atoms. The zero-order chi connectivity index (χ0) is 15.3. The Morgan fingerprint density at radius 2 is 2.05 bits per heavy atom. The summed E-state index contributed by atoms with van der Waals surface area (Å²) < 4.78 is 6.06. The fourth-order valence-electron chi connectivity index (χ4n) is 1.86. The molecule has 1 rings (SSSR count). The fraction of sp³-hybridized carbons (Fsp3) is 0.533. The third kappa shape index (κ3) is 5.49. The lowest BCUT2D eigenvalue weighted by Gasteiger charge is -2.21. The zero-order valence-electron chi connectivity index (χ0n) is 12.9. The molecule has 1 aromatic carbocycles. The molecular weight excluding hydrogens is 356 g/mol. The number of nitrogens with one attached hydrogen (secondary N) is 1. The number of hydrogen-bond donors (Lipinski definition) is 2. The Kier molecular flexibility index (Phi) is 8.94. The summed E-state index contributed by atoms with van der Waals surface area (Å²) in [5.74, 6) is 0.826. The lowest BCUT2D eigenvalue weighted by molar-refractivity contribution is -0.124. The van der Waals surface area contributed by atoms with Crippen molar-refractivity contribution in [2.45, 2.75) is 39.3 Å². The van der Waals surface area contributed by atoms with E-state index in [1.54, 1.807) is 7.11 Å². The van der Waals surface area contributed by atoms with E-state index < -0.39 is 6.04 Å². The number of carbonyl (C=O) groups is 1. The second-order valence-corrected chi connectivity index (χ2v) is 5.89. The lowest BCUT2D eigenvalue weighted by atomic mass is 9.98. The van der Waals surface area contributed by atoms with Gasteiger partial charge >= 0.3 is 0 Å². The predicted molar refractivity (Wildman–Crippen MR) is 91.9 cm³/mol. The van der Waals surface area contributed by atoms with Crippen molar-refractivity contribution >= 4 is 34.2 Å². The Balaban J connectivity index is 0.00000400. The van der Waals surface area contributed by atoms with E-state index in [1.165, 1.54) is 0 Å². The van der Waals surface area contributed by atoms with Crippen LogP contribution in [0.3, 0.4) is 0 Å². The first-order valence-electron chi connectivity index (χ1n) is 6.80. The van der Waals surface area contributed by atoms with Crippen LogP contribution >= 0.6 is 28.3 Å². The van der Waals surface area contributed by atoms with Crippen molar-refractivity contribution in [3.05, 3.63) is 28.2 Å². The van der Waals surface area contributed by atoms with Crippen molar-refractivity contribution in [3.8, 4) is 5.75 Å². The van der Waals surface area contributed by atoms with Gasteiger partial charge in [-0.2, -0.15) is 0 Å². The normalized spacial score (nSPS) is 14.6. The minimum atomic E-state index is -0.468. The summed E-state index contributed by atoms with van der Waals surface area (Å²) in [4.78, 5) is 12.1. The SMILES string of the molecule is CCC(C)C(N)C(=O)NC(C)c1ccc(OC)c(Br)c1.Cl. The second-order valence-electron chi connectivity index (χ2n) is 5.04.